The highest BCUT2D eigenvalue weighted by atomic mass is 32.1. The van der Waals surface area contributed by atoms with Gasteiger partial charge in [0.1, 0.15) is 12.4 Å². The number of fused-ring (bicyclic) bond motifs is 1. The molecule has 0 atom stereocenters. The normalized spacial score (nSPS) is 10.8. The van der Waals surface area contributed by atoms with Gasteiger partial charge in [0, 0.05) is 29.3 Å². The Labute approximate surface area is 194 Å². The van der Waals surface area contributed by atoms with Crippen LogP contribution >= 0.6 is 11.3 Å². The lowest BCUT2D eigenvalue weighted by atomic mass is 10.2. The molecule has 3 aromatic carbocycles. The van der Waals surface area contributed by atoms with Crippen molar-refractivity contribution in [1.29, 1.82) is 0 Å². The summed E-state index contributed by atoms with van der Waals surface area (Å²) >= 11 is 1.51. The highest BCUT2D eigenvalue weighted by Gasteiger charge is 2.10. The minimum absolute atomic E-state index is 0.133. The van der Waals surface area contributed by atoms with Crippen LogP contribution in [0.4, 0.5) is 10.8 Å². The Kier molecular flexibility index (Phi) is 5.99. The molecule has 0 saturated heterocycles. The highest BCUT2D eigenvalue weighted by Crippen LogP contribution is 2.29. The van der Waals surface area contributed by atoms with E-state index in [1.807, 2.05) is 77.5 Å². The maximum Gasteiger partial charge on any atom is 0.251 e. The van der Waals surface area contributed by atoms with Crippen LogP contribution in [0.5, 0.6) is 5.75 Å². The van der Waals surface area contributed by atoms with Crippen molar-refractivity contribution in [2.45, 2.75) is 0 Å². The fraction of sp³-hybridized carbons (Fsp3) is 0.0800. The van der Waals surface area contributed by atoms with Crippen LogP contribution < -0.4 is 15.4 Å². The molecule has 0 spiro atoms. The lowest BCUT2D eigenvalue weighted by Crippen LogP contribution is -2.28. The fourth-order valence-electron chi connectivity index (χ4n) is 3.32. The number of hydrogen-bond acceptors (Lipinski definition) is 6. The van der Waals surface area contributed by atoms with Gasteiger partial charge in [0.15, 0.2) is 5.13 Å². The number of amides is 1. The number of para-hydroxylation sites is 1. The fourth-order valence-corrected chi connectivity index (χ4v) is 4.25. The number of rotatable bonds is 8. The topological polar surface area (TPSA) is 81.1 Å². The molecule has 0 aliphatic heterocycles. The molecule has 0 fully saturated rings. The van der Waals surface area contributed by atoms with Crippen molar-refractivity contribution >= 4 is 38.3 Å². The molecular formula is C25H21N5O2S. The molecule has 8 heteroatoms. The third-order valence-electron chi connectivity index (χ3n) is 4.97. The molecule has 0 saturated carbocycles. The molecule has 33 heavy (non-hydrogen) atoms. The van der Waals surface area contributed by atoms with Crippen molar-refractivity contribution in [3.8, 4) is 11.4 Å². The summed E-state index contributed by atoms with van der Waals surface area (Å²) < 4.78 is 8.51. The van der Waals surface area contributed by atoms with Crippen LogP contribution in [-0.2, 0) is 0 Å². The summed E-state index contributed by atoms with van der Waals surface area (Å²) in [6.07, 6.45) is 5.42. The molecule has 0 radical (unpaired) electrons. The first kappa shape index (κ1) is 20.7. The number of benzene rings is 3. The number of nitrogens with zero attached hydrogens (tertiary/aromatic N) is 3. The van der Waals surface area contributed by atoms with Gasteiger partial charge in [-0.3, -0.25) is 4.79 Å². The van der Waals surface area contributed by atoms with E-state index in [-0.39, 0.29) is 5.91 Å². The van der Waals surface area contributed by atoms with Crippen LogP contribution in [0.25, 0.3) is 15.9 Å². The molecule has 0 aliphatic carbocycles. The molecule has 164 valence electrons. The zero-order valence-corrected chi connectivity index (χ0v) is 18.5. The molecule has 2 aromatic heterocycles. The maximum absolute atomic E-state index is 12.5. The summed E-state index contributed by atoms with van der Waals surface area (Å²) in [5.74, 6) is 0.654. The predicted molar refractivity (Wildman–Crippen MR) is 131 cm³/mol. The van der Waals surface area contributed by atoms with E-state index < -0.39 is 0 Å². The monoisotopic (exact) mass is 455 g/mol. The summed E-state index contributed by atoms with van der Waals surface area (Å²) in [6, 6.07) is 23.1. The van der Waals surface area contributed by atoms with Gasteiger partial charge < -0.3 is 19.9 Å². The molecular weight excluding hydrogens is 434 g/mol. The van der Waals surface area contributed by atoms with Crippen molar-refractivity contribution < 1.29 is 9.53 Å². The van der Waals surface area contributed by atoms with E-state index >= 15 is 0 Å². The zero-order chi connectivity index (χ0) is 22.5. The number of carbonyl (C=O) groups excluding carboxylic acids is 1. The minimum Gasteiger partial charge on any atom is -0.492 e. The van der Waals surface area contributed by atoms with Crippen molar-refractivity contribution in [3.63, 3.8) is 0 Å². The lowest BCUT2D eigenvalue weighted by Gasteiger charge is -2.07. The van der Waals surface area contributed by atoms with Gasteiger partial charge in [-0.05, 0) is 54.6 Å². The van der Waals surface area contributed by atoms with Crippen molar-refractivity contribution in [3.05, 3.63) is 97.1 Å². The average molecular weight is 456 g/mol. The van der Waals surface area contributed by atoms with Gasteiger partial charge in [-0.2, -0.15) is 0 Å². The number of carbonyl (C=O) groups is 1. The number of aromatic nitrogens is 3. The lowest BCUT2D eigenvalue weighted by molar-refractivity contribution is 0.0947. The van der Waals surface area contributed by atoms with Crippen LogP contribution in [0, 0.1) is 0 Å². The first-order chi connectivity index (χ1) is 16.2. The molecule has 5 aromatic rings. The zero-order valence-electron chi connectivity index (χ0n) is 17.6. The second-order valence-electron chi connectivity index (χ2n) is 7.26. The number of ether oxygens (including phenoxy) is 1. The Balaban J connectivity index is 1.20. The minimum atomic E-state index is -0.133. The summed E-state index contributed by atoms with van der Waals surface area (Å²) in [4.78, 5) is 21.2. The Hall–Kier alpha value is -4.17. The van der Waals surface area contributed by atoms with Crippen molar-refractivity contribution in [1.82, 2.24) is 19.9 Å². The van der Waals surface area contributed by atoms with Gasteiger partial charge in [-0.15, -0.1) is 0 Å². The van der Waals surface area contributed by atoms with Crippen molar-refractivity contribution in [2.75, 3.05) is 18.5 Å². The molecule has 2 N–H and O–H groups in total. The second kappa shape index (κ2) is 9.54. The van der Waals surface area contributed by atoms with E-state index in [9.17, 15) is 4.79 Å². The average Bonchev–Trinajstić information content (AvgIpc) is 3.52. The van der Waals surface area contributed by atoms with Gasteiger partial charge in [0.05, 0.1) is 23.1 Å². The van der Waals surface area contributed by atoms with Gasteiger partial charge in [0.2, 0.25) is 0 Å². The Morgan fingerprint density at radius 1 is 1.03 bits per heavy atom. The molecule has 0 aliphatic rings. The summed E-state index contributed by atoms with van der Waals surface area (Å²) in [6.45, 7) is 0.836. The van der Waals surface area contributed by atoms with Gasteiger partial charge in [0.25, 0.3) is 5.91 Å². The standard InChI is InChI=1S/C25H21N5O2S/c31-24(27-13-15-32-21-4-2-1-3-5-21)18-6-11-22-23(16-18)33-25(29-22)28-19-7-9-20(10-8-19)30-14-12-26-17-30/h1-12,14,16-17H,13,15H2,(H,27,31)(H,28,29). The molecule has 1 amide bonds. The first-order valence-corrected chi connectivity index (χ1v) is 11.3. The summed E-state index contributed by atoms with van der Waals surface area (Å²) in [5.41, 5.74) is 3.42. The third kappa shape index (κ3) is 5.02. The highest BCUT2D eigenvalue weighted by molar-refractivity contribution is 7.22. The predicted octanol–water partition coefficient (Wildman–Crippen LogP) is 5.03. The van der Waals surface area contributed by atoms with E-state index in [2.05, 4.69) is 20.6 Å². The molecule has 0 unspecified atom stereocenters. The Morgan fingerprint density at radius 3 is 2.67 bits per heavy atom. The van der Waals surface area contributed by atoms with Gasteiger partial charge in [-0.25, -0.2) is 9.97 Å². The number of thiazole rings is 1. The first-order valence-electron chi connectivity index (χ1n) is 10.5. The number of hydrogen-bond donors (Lipinski definition) is 2. The second-order valence-corrected chi connectivity index (χ2v) is 8.29. The van der Waals surface area contributed by atoms with Crippen LogP contribution in [0.3, 0.4) is 0 Å². The van der Waals surface area contributed by atoms with E-state index in [4.69, 9.17) is 4.74 Å². The smallest absolute Gasteiger partial charge is 0.251 e. The molecule has 5 rings (SSSR count). The molecule has 0 bridgehead atoms. The number of imidazole rings is 1. The largest absolute Gasteiger partial charge is 0.492 e. The van der Waals surface area contributed by atoms with E-state index in [1.54, 1.807) is 18.6 Å². The SMILES string of the molecule is O=C(NCCOc1ccccc1)c1ccc2nc(Nc3ccc(-n4ccnc4)cc3)sc2c1. The van der Waals surface area contributed by atoms with Crippen LogP contribution in [-0.4, -0.2) is 33.6 Å². The maximum atomic E-state index is 12.5. The summed E-state index contributed by atoms with van der Waals surface area (Å²) in [7, 11) is 0. The van der Waals surface area contributed by atoms with Crippen molar-refractivity contribution in [2.24, 2.45) is 0 Å². The van der Waals surface area contributed by atoms with E-state index in [1.165, 1.54) is 11.3 Å². The number of nitrogens with one attached hydrogen (secondary N) is 2. The molecule has 7 nitrogen and oxygen atoms in total. The van der Waals surface area contributed by atoms with Crippen LogP contribution in [0.1, 0.15) is 10.4 Å². The number of anilines is 2. The Morgan fingerprint density at radius 2 is 1.88 bits per heavy atom. The quantitative estimate of drug-likeness (QED) is 0.321. The van der Waals surface area contributed by atoms with E-state index in [0.29, 0.717) is 18.7 Å². The van der Waals surface area contributed by atoms with E-state index in [0.717, 1.165) is 32.5 Å². The summed E-state index contributed by atoms with van der Waals surface area (Å²) in [5, 5.41) is 7.01. The van der Waals surface area contributed by atoms with Crippen LogP contribution in [0.15, 0.2) is 91.5 Å². The van der Waals surface area contributed by atoms with Crippen LogP contribution in [0.2, 0.25) is 0 Å². The van der Waals surface area contributed by atoms with Gasteiger partial charge >= 0.3 is 0 Å². The Bertz CT molecular complexity index is 1350. The third-order valence-corrected chi connectivity index (χ3v) is 5.90. The molecule has 2 heterocycles. The van der Waals surface area contributed by atoms with Gasteiger partial charge in [-0.1, -0.05) is 29.5 Å².